The van der Waals surface area contributed by atoms with Gasteiger partial charge in [0.25, 0.3) is 0 Å². The molecule has 3 heteroatoms. The fraction of sp³-hybridized carbons (Fsp3) is 0.0556. The van der Waals surface area contributed by atoms with Crippen LogP contribution in [-0.4, -0.2) is 10.3 Å². The lowest BCUT2D eigenvalue weighted by molar-refractivity contribution is -0.355. The van der Waals surface area contributed by atoms with Crippen molar-refractivity contribution in [3.05, 3.63) is 65.2 Å². The highest BCUT2D eigenvalue weighted by Crippen LogP contribution is 2.38. The van der Waals surface area contributed by atoms with Crippen LogP contribution in [0.5, 0.6) is 0 Å². The third-order valence-corrected chi connectivity index (χ3v) is 4.83. The van der Waals surface area contributed by atoms with Gasteiger partial charge in [-0.25, -0.2) is 4.99 Å². The van der Waals surface area contributed by atoms with Gasteiger partial charge >= 0.3 is 0 Å². The van der Waals surface area contributed by atoms with Gasteiger partial charge in [0.1, 0.15) is 11.6 Å². The van der Waals surface area contributed by atoms with Crippen LogP contribution in [0.25, 0.3) is 21.8 Å². The molecule has 3 aromatic rings. The highest BCUT2D eigenvalue weighted by molar-refractivity contribution is 9.10. The third kappa shape index (κ3) is 1.44. The van der Waals surface area contributed by atoms with E-state index in [2.05, 4.69) is 86.2 Å². The van der Waals surface area contributed by atoms with Crippen molar-refractivity contribution < 1.29 is 4.99 Å². The summed E-state index contributed by atoms with van der Waals surface area (Å²) in [6, 6.07) is 13.3. The summed E-state index contributed by atoms with van der Waals surface area (Å²) in [6.45, 7) is 0. The molecule has 2 nitrogen and oxygen atoms in total. The van der Waals surface area contributed by atoms with E-state index in [-0.39, 0.29) is 6.04 Å². The Morgan fingerprint density at radius 1 is 1.05 bits per heavy atom. The van der Waals surface area contributed by atoms with E-state index in [0.717, 1.165) is 4.47 Å². The number of allylic oxidation sites excluding steroid dienone is 4. The first-order chi connectivity index (χ1) is 10.3. The van der Waals surface area contributed by atoms with Crippen molar-refractivity contribution in [1.82, 2.24) is 4.57 Å². The van der Waals surface area contributed by atoms with Crippen LogP contribution in [0.1, 0.15) is 6.04 Å². The summed E-state index contributed by atoms with van der Waals surface area (Å²) < 4.78 is 3.56. The van der Waals surface area contributed by atoms with Crippen LogP contribution in [0, 0.1) is 0 Å². The van der Waals surface area contributed by atoms with Crippen molar-refractivity contribution in [3.63, 3.8) is 0 Å². The van der Waals surface area contributed by atoms with Crippen LogP contribution in [0.4, 0.5) is 5.69 Å². The van der Waals surface area contributed by atoms with E-state index in [1.54, 1.807) is 0 Å². The molecule has 0 saturated heterocycles. The Morgan fingerprint density at radius 2 is 2.00 bits per heavy atom. The average molecular weight is 336 g/mol. The summed E-state index contributed by atoms with van der Waals surface area (Å²) in [7, 11) is 0. The lowest BCUT2D eigenvalue weighted by Gasteiger charge is -2.20. The summed E-state index contributed by atoms with van der Waals surface area (Å²) in [5, 5.41) is 2.60. The van der Waals surface area contributed by atoms with Crippen LogP contribution >= 0.6 is 15.9 Å². The molecule has 1 atom stereocenters. The van der Waals surface area contributed by atoms with Gasteiger partial charge in [0.05, 0.1) is 5.52 Å². The highest BCUT2D eigenvalue weighted by atomic mass is 79.9. The van der Waals surface area contributed by atoms with Crippen LogP contribution in [0.2, 0.25) is 0 Å². The molecule has 1 unspecified atom stereocenters. The third-order valence-electron chi connectivity index (χ3n) is 4.34. The zero-order valence-corrected chi connectivity index (χ0v) is 12.8. The van der Waals surface area contributed by atoms with E-state index in [4.69, 9.17) is 0 Å². The summed E-state index contributed by atoms with van der Waals surface area (Å²) in [5.41, 5.74) is 4.99. The maximum absolute atomic E-state index is 3.60. The van der Waals surface area contributed by atoms with E-state index in [9.17, 15) is 0 Å². The largest absolute Gasteiger partial charge is 0.318 e. The topological polar surface area (TPSA) is 18.9 Å². The predicted molar refractivity (Wildman–Crippen MR) is 90.1 cm³/mol. The molecule has 1 aromatic heterocycles. The number of hydrogen-bond acceptors (Lipinski definition) is 0. The standard InChI is InChI=1S/C18H11BrN2/c19-11-8-9-16-13(10-11)12-4-3-6-15-18(12)21(16)17-7-2-1-5-14(17)20-15/h1-10,17H/p+1. The predicted octanol–water partition coefficient (Wildman–Crippen LogP) is 3.39. The Hall–Kier alpha value is -2.13. The molecule has 1 aliphatic heterocycles. The van der Waals surface area contributed by atoms with Crippen molar-refractivity contribution in [2.75, 3.05) is 0 Å². The number of nitrogens with one attached hydrogen (secondary N) is 1. The zero-order valence-electron chi connectivity index (χ0n) is 11.2. The van der Waals surface area contributed by atoms with Gasteiger partial charge in [0.2, 0.25) is 11.4 Å². The van der Waals surface area contributed by atoms with Crippen molar-refractivity contribution in [3.8, 4) is 0 Å². The second-order valence-electron chi connectivity index (χ2n) is 5.50. The molecule has 2 heterocycles. The van der Waals surface area contributed by atoms with E-state index in [1.165, 1.54) is 33.2 Å². The minimum atomic E-state index is 0.256. The van der Waals surface area contributed by atoms with E-state index < -0.39 is 0 Å². The normalized spacial score (nSPS) is 19.1. The van der Waals surface area contributed by atoms with Gasteiger partial charge in [-0.3, -0.25) is 0 Å². The summed E-state index contributed by atoms with van der Waals surface area (Å²) in [6.07, 6.45) is 8.63. The second-order valence-corrected chi connectivity index (χ2v) is 6.42. The number of halogens is 1. The Bertz CT molecular complexity index is 1000. The average Bonchev–Trinajstić information content (AvgIpc) is 2.84. The van der Waals surface area contributed by atoms with Gasteiger partial charge in [-0.15, -0.1) is 0 Å². The number of aromatic nitrogens is 1. The van der Waals surface area contributed by atoms with Crippen LogP contribution < -0.4 is 4.99 Å². The second kappa shape index (κ2) is 3.95. The lowest BCUT2D eigenvalue weighted by Crippen LogP contribution is -2.69. The quantitative estimate of drug-likeness (QED) is 0.649. The van der Waals surface area contributed by atoms with E-state index in [1.807, 2.05) is 0 Å². The summed E-state index contributed by atoms with van der Waals surface area (Å²) >= 11 is 3.60. The number of nitrogens with zero attached hydrogens (tertiary/aromatic N) is 1. The smallest absolute Gasteiger partial charge is 0.228 e. The van der Waals surface area contributed by atoms with Gasteiger partial charge in [-0.05, 0) is 18.2 Å². The number of rotatable bonds is 0. The molecule has 5 rings (SSSR count). The van der Waals surface area contributed by atoms with Crippen LogP contribution in [0.15, 0.2) is 65.2 Å². The molecular weight excluding hydrogens is 324 g/mol. The van der Waals surface area contributed by atoms with Crippen LogP contribution in [0.3, 0.4) is 0 Å². The number of para-hydroxylation sites is 1. The van der Waals surface area contributed by atoms with Crippen LogP contribution in [-0.2, 0) is 0 Å². The first kappa shape index (κ1) is 11.5. The fourth-order valence-electron chi connectivity index (χ4n) is 3.49. The SMILES string of the molecule is Brc1ccc2c(c1)c1cccc3c1n2C1C=CC=CC1=[NH+]3. The van der Waals surface area contributed by atoms with E-state index >= 15 is 0 Å². The molecule has 0 saturated carbocycles. The highest BCUT2D eigenvalue weighted by Gasteiger charge is 2.30. The molecular formula is C18H12BrN2+. The Labute approximate surface area is 130 Å². The Balaban J connectivity index is 2.03. The Morgan fingerprint density at radius 3 is 2.95 bits per heavy atom. The van der Waals surface area contributed by atoms with Crippen molar-refractivity contribution in [2.24, 2.45) is 0 Å². The maximum atomic E-state index is 3.60. The lowest BCUT2D eigenvalue weighted by atomic mass is 10.0. The molecule has 1 aliphatic carbocycles. The summed E-state index contributed by atoms with van der Waals surface area (Å²) in [4.78, 5) is 3.58. The molecule has 1 N–H and O–H groups in total. The van der Waals surface area contributed by atoms with Crippen molar-refractivity contribution in [2.45, 2.75) is 6.04 Å². The molecule has 21 heavy (non-hydrogen) atoms. The first-order valence-electron chi connectivity index (χ1n) is 7.04. The number of hydrogen-bond donors (Lipinski definition) is 1. The molecule has 0 spiro atoms. The molecule has 0 bridgehead atoms. The maximum Gasteiger partial charge on any atom is 0.228 e. The van der Waals surface area contributed by atoms with Gasteiger partial charge < -0.3 is 4.57 Å². The van der Waals surface area contributed by atoms with Gasteiger partial charge in [0, 0.05) is 27.4 Å². The van der Waals surface area contributed by atoms with E-state index in [0.29, 0.717) is 0 Å². The molecule has 2 aromatic carbocycles. The minimum Gasteiger partial charge on any atom is -0.318 e. The first-order valence-corrected chi connectivity index (χ1v) is 7.83. The molecule has 0 fully saturated rings. The van der Waals surface area contributed by atoms with Crippen molar-refractivity contribution >= 4 is 49.1 Å². The fourth-order valence-corrected chi connectivity index (χ4v) is 3.85. The number of fused-ring (bicyclic) bond motifs is 5. The van der Waals surface area contributed by atoms with Gasteiger partial charge in [-0.1, -0.05) is 46.3 Å². The molecule has 100 valence electrons. The van der Waals surface area contributed by atoms with Gasteiger partial charge in [-0.2, -0.15) is 0 Å². The van der Waals surface area contributed by atoms with Gasteiger partial charge in [0.15, 0.2) is 0 Å². The summed E-state index contributed by atoms with van der Waals surface area (Å²) in [5.74, 6) is 0. The molecule has 0 radical (unpaired) electrons. The monoisotopic (exact) mass is 335 g/mol. The minimum absolute atomic E-state index is 0.256. The zero-order chi connectivity index (χ0) is 14.0. The molecule has 0 amide bonds. The van der Waals surface area contributed by atoms with Crippen molar-refractivity contribution in [1.29, 1.82) is 0 Å². The Kier molecular flexibility index (Phi) is 2.17. The molecule has 2 aliphatic rings. The number of benzene rings is 2.